The van der Waals surface area contributed by atoms with Gasteiger partial charge in [-0.15, -0.1) is 0 Å². The summed E-state index contributed by atoms with van der Waals surface area (Å²) in [6, 6.07) is 31.4. The van der Waals surface area contributed by atoms with Crippen LogP contribution in [0.5, 0.6) is 5.75 Å². The van der Waals surface area contributed by atoms with E-state index < -0.39 is 19.4 Å². The highest BCUT2D eigenvalue weighted by Gasteiger charge is 2.49. The molecule has 1 unspecified atom stereocenters. The summed E-state index contributed by atoms with van der Waals surface area (Å²) >= 11 is 5.77. The Morgan fingerprint density at radius 3 is 2.22 bits per heavy atom. The molecule has 4 aromatic carbocycles. The van der Waals surface area contributed by atoms with E-state index in [4.69, 9.17) is 17.0 Å². The number of carbonyl (C=O) groups excluding carboxylic acids is 1. The lowest BCUT2D eigenvalue weighted by Crippen LogP contribution is -2.65. The Hall–Kier alpha value is -4.90. The Morgan fingerprint density at radius 1 is 1.00 bits per heavy atom. The standard InChI is InChI=1S/C40H41FN4O3SSi/c1-28-26-44(27-42-28)36-22-17-29(25-37(36)48-4)24-34-38(46)45(39(49)43-34)35(30-18-20-31(41)21-19-30)16-11-23-40(2,3)50(47,32-12-7-5-8-13-32)33-14-9-6-10-15-33/h5-10,12-15,17-22,24-27,35,47H,11,16,23H2,1-4H3,(H,43,49)/b34-24-. The molecule has 0 spiro atoms. The van der Waals surface area contributed by atoms with Crippen molar-refractivity contribution in [3.63, 3.8) is 0 Å². The highest BCUT2D eigenvalue weighted by atomic mass is 32.1. The number of aryl methyl sites for hydroxylation is 1. The number of carbonyl (C=O) groups is 1. The molecule has 0 bridgehead atoms. The van der Waals surface area contributed by atoms with Gasteiger partial charge in [0.2, 0.25) is 0 Å². The fraction of sp³-hybridized carbons (Fsp3) is 0.225. The number of hydrogen-bond acceptors (Lipinski definition) is 5. The molecule has 256 valence electrons. The maximum absolute atomic E-state index is 14.1. The van der Waals surface area contributed by atoms with Crippen molar-refractivity contribution in [1.29, 1.82) is 0 Å². The minimum Gasteiger partial charge on any atom is -0.495 e. The summed E-state index contributed by atoms with van der Waals surface area (Å²) in [7, 11) is -1.62. The second kappa shape index (κ2) is 14.5. The zero-order valence-corrected chi connectivity index (χ0v) is 30.5. The summed E-state index contributed by atoms with van der Waals surface area (Å²) < 4.78 is 21.6. The van der Waals surface area contributed by atoms with Gasteiger partial charge < -0.3 is 19.4 Å². The van der Waals surface area contributed by atoms with E-state index in [2.05, 4.69) is 24.1 Å². The van der Waals surface area contributed by atoms with Gasteiger partial charge in [0.05, 0.1) is 30.9 Å². The molecule has 5 aromatic rings. The van der Waals surface area contributed by atoms with Crippen LogP contribution in [-0.2, 0) is 4.79 Å². The van der Waals surface area contributed by atoms with Crippen LogP contribution in [0.2, 0.25) is 5.04 Å². The van der Waals surface area contributed by atoms with Crippen molar-refractivity contribution in [3.05, 3.63) is 144 Å². The van der Waals surface area contributed by atoms with Gasteiger partial charge in [0.25, 0.3) is 14.2 Å². The number of ether oxygens (including phenoxy) is 1. The fourth-order valence-corrected chi connectivity index (χ4v) is 11.0. The van der Waals surface area contributed by atoms with E-state index >= 15 is 0 Å². The molecule has 0 saturated carbocycles. The van der Waals surface area contributed by atoms with E-state index in [9.17, 15) is 14.0 Å². The number of hydrogen-bond donors (Lipinski definition) is 2. The summed E-state index contributed by atoms with van der Waals surface area (Å²) in [5, 5.41) is 4.84. The van der Waals surface area contributed by atoms with E-state index in [0.717, 1.165) is 32.9 Å². The maximum Gasteiger partial charge on any atom is 0.277 e. The molecule has 1 aromatic heterocycles. The summed E-state index contributed by atoms with van der Waals surface area (Å²) in [5.74, 6) is 0.00645. The van der Waals surface area contributed by atoms with Crippen LogP contribution in [0.1, 0.15) is 56.0 Å². The first kappa shape index (κ1) is 34.9. The largest absolute Gasteiger partial charge is 0.495 e. The number of methoxy groups -OCH3 is 1. The SMILES string of the molecule is COc1cc(/C=C2\NC(=S)N(C(CCCC(C)(C)[Si](O)(c3ccccc3)c3ccccc3)c3ccc(F)cc3)C2=O)ccc1-n1cnc(C)c1. The van der Waals surface area contributed by atoms with E-state index in [1.54, 1.807) is 36.5 Å². The molecule has 10 heteroatoms. The van der Waals surface area contributed by atoms with Gasteiger partial charge in [0, 0.05) is 6.20 Å². The summed E-state index contributed by atoms with van der Waals surface area (Å²) in [6.07, 6.45) is 7.32. The normalized spacial score (nSPS) is 15.0. The predicted molar refractivity (Wildman–Crippen MR) is 203 cm³/mol. The van der Waals surface area contributed by atoms with Gasteiger partial charge >= 0.3 is 0 Å². The number of benzene rings is 4. The summed E-state index contributed by atoms with van der Waals surface area (Å²) in [4.78, 5) is 32.7. The molecule has 1 aliphatic heterocycles. The van der Waals surface area contributed by atoms with Crippen LogP contribution in [0.3, 0.4) is 0 Å². The van der Waals surface area contributed by atoms with E-state index in [1.807, 2.05) is 96.6 Å². The smallest absolute Gasteiger partial charge is 0.277 e. The van der Waals surface area contributed by atoms with Crippen LogP contribution in [0.15, 0.2) is 121 Å². The van der Waals surface area contributed by atoms with Gasteiger partial charge in [-0.25, -0.2) is 9.37 Å². The number of nitrogens with one attached hydrogen (secondary N) is 1. The minimum absolute atomic E-state index is 0.267. The van der Waals surface area contributed by atoms with Crippen LogP contribution in [0.25, 0.3) is 11.8 Å². The number of amides is 1. The van der Waals surface area contributed by atoms with Crippen molar-refractivity contribution in [2.75, 3.05) is 7.11 Å². The van der Waals surface area contributed by atoms with Gasteiger partial charge in [-0.2, -0.15) is 0 Å². The third kappa shape index (κ3) is 6.91. The first-order valence-electron chi connectivity index (χ1n) is 16.7. The second-order valence-electron chi connectivity index (χ2n) is 13.3. The van der Waals surface area contributed by atoms with E-state index in [1.165, 1.54) is 12.1 Å². The third-order valence-corrected chi connectivity index (χ3v) is 14.5. The molecular weight excluding hydrogens is 664 g/mol. The number of aromatic nitrogens is 2. The van der Waals surface area contributed by atoms with Gasteiger partial charge in [-0.05, 0) is 88.9 Å². The molecule has 7 nitrogen and oxygen atoms in total. The topological polar surface area (TPSA) is 79.6 Å². The Kier molecular flexibility index (Phi) is 10.1. The average molecular weight is 705 g/mol. The average Bonchev–Trinajstić information content (AvgIpc) is 3.68. The molecule has 1 saturated heterocycles. The Balaban J connectivity index is 1.27. The predicted octanol–water partition coefficient (Wildman–Crippen LogP) is 6.83. The van der Waals surface area contributed by atoms with Crippen molar-refractivity contribution in [1.82, 2.24) is 19.8 Å². The molecule has 1 aliphatic rings. The van der Waals surface area contributed by atoms with Gasteiger partial charge in [-0.3, -0.25) is 9.69 Å². The highest BCUT2D eigenvalue weighted by Crippen LogP contribution is 2.42. The Bertz CT molecular complexity index is 1980. The number of rotatable bonds is 12. The fourth-order valence-electron chi connectivity index (χ4n) is 6.90. The molecule has 0 radical (unpaired) electrons. The molecule has 0 aliphatic carbocycles. The first-order chi connectivity index (χ1) is 24.0. The third-order valence-electron chi connectivity index (χ3n) is 9.62. The summed E-state index contributed by atoms with van der Waals surface area (Å²) in [6.45, 7) is 6.19. The lowest BCUT2D eigenvalue weighted by Gasteiger charge is -2.41. The van der Waals surface area contributed by atoms with Crippen molar-refractivity contribution < 1.29 is 18.7 Å². The summed E-state index contributed by atoms with van der Waals surface area (Å²) in [5.41, 5.74) is 3.59. The zero-order chi connectivity index (χ0) is 35.5. The van der Waals surface area contributed by atoms with Crippen LogP contribution in [-0.4, -0.2) is 45.7 Å². The van der Waals surface area contributed by atoms with Crippen molar-refractivity contribution in [3.8, 4) is 11.4 Å². The van der Waals surface area contributed by atoms with Crippen molar-refractivity contribution in [2.45, 2.75) is 51.1 Å². The van der Waals surface area contributed by atoms with Crippen LogP contribution in [0, 0.1) is 12.7 Å². The van der Waals surface area contributed by atoms with Crippen LogP contribution < -0.4 is 20.4 Å². The van der Waals surface area contributed by atoms with Crippen molar-refractivity contribution in [2.24, 2.45) is 0 Å². The lowest BCUT2D eigenvalue weighted by molar-refractivity contribution is -0.124. The lowest BCUT2D eigenvalue weighted by atomic mass is 9.96. The Labute approximate surface area is 299 Å². The quantitative estimate of drug-likeness (QED) is 0.0843. The van der Waals surface area contributed by atoms with Crippen molar-refractivity contribution >= 4 is 48.0 Å². The molecule has 2 N–H and O–H groups in total. The second-order valence-corrected chi connectivity index (χ2v) is 17.6. The van der Waals surface area contributed by atoms with Crippen LogP contribution in [0.4, 0.5) is 4.39 Å². The minimum atomic E-state index is -3.23. The Morgan fingerprint density at radius 2 is 1.64 bits per heavy atom. The van der Waals surface area contributed by atoms with E-state index in [0.29, 0.717) is 30.7 Å². The molecule has 1 atom stereocenters. The number of thiocarbonyl (C=S) groups is 1. The monoisotopic (exact) mass is 704 g/mol. The van der Waals surface area contributed by atoms with E-state index in [-0.39, 0.29) is 16.8 Å². The first-order valence-corrected chi connectivity index (χ1v) is 19.0. The maximum atomic E-state index is 14.1. The van der Waals surface area contributed by atoms with Gasteiger partial charge in [0.15, 0.2) is 5.11 Å². The van der Waals surface area contributed by atoms with Crippen LogP contribution >= 0.6 is 12.2 Å². The number of nitrogens with zero attached hydrogens (tertiary/aromatic N) is 3. The molecule has 2 heterocycles. The zero-order valence-electron chi connectivity index (χ0n) is 28.6. The highest BCUT2D eigenvalue weighted by molar-refractivity contribution is 7.80. The number of halogens is 1. The molecule has 1 fully saturated rings. The van der Waals surface area contributed by atoms with Gasteiger partial charge in [-0.1, -0.05) is 99.1 Å². The van der Waals surface area contributed by atoms with Gasteiger partial charge in [0.1, 0.15) is 17.3 Å². The molecule has 1 amide bonds. The number of imidazole rings is 1. The molecular formula is C40H41FN4O3SSi. The molecule has 50 heavy (non-hydrogen) atoms. The molecule has 6 rings (SSSR count).